The van der Waals surface area contributed by atoms with Crippen molar-refractivity contribution >= 4 is 29.7 Å². The molecule has 0 saturated carbocycles. The van der Waals surface area contributed by atoms with Gasteiger partial charge in [0, 0.05) is 6.07 Å². The van der Waals surface area contributed by atoms with Crippen LogP contribution in [0.3, 0.4) is 0 Å². The van der Waals surface area contributed by atoms with E-state index in [-0.39, 0.29) is 23.0 Å². The molecule has 2 atom stereocenters. The first-order valence-corrected chi connectivity index (χ1v) is 4.96. The number of rotatable bonds is 3. The molecular weight excluding hydrogens is 312 g/mol. The quantitative estimate of drug-likeness (QED) is 0.661. The van der Waals surface area contributed by atoms with Crippen LogP contribution in [0.25, 0.3) is 0 Å². The van der Waals surface area contributed by atoms with Crippen molar-refractivity contribution in [1.29, 1.82) is 0 Å². The van der Waals surface area contributed by atoms with Gasteiger partial charge in [-0.1, -0.05) is 17.7 Å². The lowest BCUT2D eigenvalue weighted by Crippen LogP contribution is -2.38. The van der Waals surface area contributed by atoms with E-state index in [4.69, 9.17) is 22.4 Å². The summed E-state index contributed by atoms with van der Waals surface area (Å²) >= 11 is 5.50. The molecule has 0 fully saturated rings. The monoisotopic (exact) mass is 320 g/mol. The fraction of sp³-hybridized carbons (Fsp3) is 0.333. The summed E-state index contributed by atoms with van der Waals surface area (Å²) in [7, 11) is 0. The molecule has 0 aliphatic heterocycles. The zero-order valence-corrected chi connectivity index (χ0v) is 10.7. The van der Waals surface area contributed by atoms with Crippen molar-refractivity contribution in [2.75, 3.05) is 0 Å². The van der Waals surface area contributed by atoms with E-state index < -0.39 is 28.9 Å². The van der Waals surface area contributed by atoms with Gasteiger partial charge in [0.25, 0.3) is 5.69 Å². The number of halogens is 5. The Balaban J connectivity index is 0.00000324. The Bertz CT molecular complexity index is 471. The number of hydrogen-bond acceptors (Lipinski definition) is 4. The predicted octanol–water partition coefficient (Wildman–Crippen LogP) is 2.59. The minimum atomic E-state index is -4.91. The molecule has 5 nitrogen and oxygen atoms in total. The second-order valence-corrected chi connectivity index (χ2v) is 3.89. The summed E-state index contributed by atoms with van der Waals surface area (Å²) in [6, 6.07) is 1.13. The van der Waals surface area contributed by atoms with Crippen LogP contribution in [0.5, 0.6) is 0 Å². The van der Waals surface area contributed by atoms with Gasteiger partial charge in [-0.2, -0.15) is 13.2 Å². The largest absolute Gasteiger partial charge is 0.416 e. The van der Waals surface area contributed by atoms with Crippen molar-refractivity contribution in [2.45, 2.75) is 18.3 Å². The third-order valence-electron chi connectivity index (χ3n) is 2.23. The second kappa shape index (κ2) is 6.38. The fourth-order valence-electron chi connectivity index (χ4n) is 1.26. The smallest absolute Gasteiger partial charge is 0.382 e. The van der Waals surface area contributed by atoms with Gasteiger partial charge in [-0.25, -0.2) is 0 Å². The molecule has 3 N–H and O–H groups in total. The maximum absolute atomic E-state index is 12.2. The van der Waals surface area contributed by atoms with Gasteiger partial charge >= 0.3 is 6.18 Å². The Morgan fingerprint density at radius 1 is 1.42 bits per heavy atom. The molecule has 1 rings (SSSR count). The highest BCUT2D eigenvalue weighted by Crippen LogP contribution is 2.32. The molecule has 0 spiro atoms. The van der Waals surface area contributed by atoms with Crippen LogP contribution in [0, 0.1) is 10.1 Å². The van der Waals surface area contributed by atoms with Crippen molar-refractivity contribution in [3.8, 4) is 0 Å². The maximum Gasteiger partial charge on any atom is 0.416 e. The molecule has 0 saturated heterocycles. The summed E-state index contributed by atoms with van der Waals surface area (Å²) in [5, 5.41) is 19.3. The average Bonchev–Trinajstić information content (AvgIpc) is 2.26. The second-order valence-electron chi connectivity index (χ2n) is 3.48. The van der Waals surface area contributed by atoms with E-state index in [9.17, 15) is 23.3 Å². The molecule has 1 aromatic rings. The van der Waals surface area contributed by atoms with Crippen LogP contribution in [-0.4, -0.2) is 22.3 Å². The maximum atomic E-state index is 12.2. The van der Waals surface area contributed by atoms with E-state index in [1.807, 2.05) is 0 Å². The Labute approximate surface area is 116 Å². The highest BCUT2D eigenvalue weighted by molar-refractivity contribution is 6.32. The van der Waals surface area contributed by atoms with Crippen molar-refractivity contribution in [3.05, 3.63) is 38.9 Å². The van der Waals surface area contributed by atoms with Crippen LogP contribution in [0.15, 0.2) is 18.2 Å². The van der Waals surface area contributed by atoms with Crippen LogP contribution in [0.4, 0.5) is 18.9 Å². The Hall–Kier alpha value is -1.09. The van der Waals surface area contributed by atoms with Gasteiger partial charge in [0.1, 0.15) is 5.02 Å². The number of benzene rings is 1. The van der Waals surface area contributed by atoms with E-state index in [1.54, 1.807) is 0 Å². The lowest BCUT2D eigenvalue weighted by molar-refractivity contribution is -0.384. The van der Waals surface area contributed by atoms with Crippen molar-refractivity contribution in [3.63, 3.8) is 0 Å². The molecule has 0 aromatic heterocycles. The van der Waals surface area contributed by atoms with Gasteiger partial charge < -0.3 is 10.8 Å². The lowest BCUT2D eigenvalue weighted by atomic mass is 10.0. The standard InChI is InChI=1S/C9H8ClF3N2O3.ClH/c10-5-2-1-4(3-6(5)15(17)18)7(14)8(16)9(11,12)13;/h1-3,7-8,16H,14H2;1H/t7-,8-;/m0./s1. The first kappa shape index (κ1) is 17.9. The van der Waals surface area contributed by atoms with Gasteiger partial charge in [-0.05, 0) is 11.6 Å². The minimum absolute atomic E-state index is 0. The third-order valence-corrected chi connectivity index (χ3v) is 2.55. The molecule has 0 heterocycles. The van der Waals surface area contributed by atoms with Gasteiger partial charge in [0.05, 0.1) is 11.0 Å². The summed E-state index contributed by atoms with van der Waals surface area (Å²) in [4.78, 5) is 9.71. The van der Waals surface area contributed by atoms with E-state index in [1.165, 1.54) is 0 Å². The summed E-state index contributed by atoms with van der Waals surface area (Å²) in [6.07, 6.45) is -7.72. The summed E-state index contributed by atoms with van der Waals surface area (Å²) < 4.78 is 36.7. The fourth-order valence-corrected chi connectivity index (χ4v) is 1.45. The summed E-state index contributed by atoms with van der Waals surface area (Å²) in [6.45, 7) is 0. The highest BCUT2D eigenvalue weighted by atomic mass is 35.5. The number of hydrogen-bond donors (Lipinski definition) is 2. The van der Waals surface area contributed by atoms with Gasteiger partial charge in [0.15, 0.2) is 6.10 Å². The SMILES string of the molecule is Cl.N[C@@H](c1ccc(Cl)c([N+](=O)[O-])c1)[C@H](O)C(F)(F)F. The number of nitro benzene ring substituents is 1. The van der Waals surface area contributed by atoms with Crippen molar-refractivity contribution < 1.29 is 23.2 Å². The molecule has 0 radical (unpaired) electrons. The van der Waals surface area contributed by atoms with Crippen molar-refractivity contribution in [2.24, 2.45) is 5.73 Å². The number of nitro groups is 1. The first-order chi connectivity index (χ1) is 8.14. The van der Waals surface area contributed by atoms with E-state index >= 15 is 0 Å². The number of aliphatic hydroxyl groups excluding tert-OH is 1. The van der Waals surface area contributed by atoms with Crippen LogP contribution in [0.2, 0.25) is 5.02 Å². The van der Waals surface area contributed by atoms with Crippen LogP contribution in [0.1, 0.15) is 11.6 Å². The Morgan fingerprint density at radius 3 is 2.37 bits per heavy atom. The van der Waals surface area contributed by atoms with Crippen LogP contribution < -0.4 is 5.73 Å². The van der Waals surface area contributed by atoms with Gasteiger partial charge in [0.2, 0.25) is 0 Å². The van der Waals surface area contributed by atoms with Gasteiger partial charge in [-0.3, -0.25) is 10.1 Å². The van der Waals surface area contributed by atoms with Gasteiger partial charge in [-0.15, -0.1) is 12.4 Å². The van der Waals surface area contributed by atoms with Crippen LogP contribution in [-0.2, 0) is 0 Å². The zero-order valence-electron chi connectivity index (χ0n) is 9.10. The number of nitrogens with zero attached hydrogens (tertiary/aromatic N) is 1. The molecule has 1 aromatic carbocycles. The molecule has 0 bridgehead atoms. The highest BCUT2D eigenvalue weighted by Gasteiger charge is 2.43. The topological polar surface area (TPSA) is 89.4 Å². The molecule has 0 amide bonds. The van der Waals surface area contributed by atoms with E-state index in [0.29, 0.717) is 0 Å². The van der Waals surface area contributed by atoms with E-state index in [2.05, 4.69) is 0 Å². The minimum Gasteiger partial charge on any atom is -0.382 e. The predicted molar refractivity (Wildman–Crippen MR) is 64.3 cm³/mol. The normalized spacial score (nSPS) is 14.4. The van der Waals surface area contributed by atoms with Crippen LogP contribution >= 0.6 is 24.0 Å². The lowest BCUT2D eigenvalue weighted by Gasteiger charge is -2.21. The zero-order chi connectivity index (χ0) is 14.1. The number of nitrogens with two attached hydrogens (primary N) is 1. The number of aliphatic hydroxyl groups is 1. The van der Waals surface area contributed by atoms with E-state index in [0.717, 1.165) is 18.2 Å². The molecule has 10 heteroatoms. The molecule has 108 valence electrons. The average molecular weight is 321 g/mol. The molecular formula is C9H9Cl2F3N2O3. The molecule has 19 heavy (non-hydrogen) atoms. The summed E-state index contributed by atoms with van der Waals surface area (Å²) in [5.41, 5.74) is 4.41. The molecule has 0 aliphatic rings. The van der Waals surface area contributed by atoms with Crippen molar-refractivity contribution in [1.82, 2.24) is 0 Å². The number of alkyl halides is 3. The molecule has 0 aliphatic carbocycles. The molecule has 0 unspecified atom stereocenters. The Morgan fingerprint density at radius 2 is 1.95 bits per heavy atom. The summed E-state index contributed by atoms with van der Waals surface area (Å²) in [5.74, 6) is 0. The Kier molecular flexibility index (Phi) is 6.01. The first-order valence-electron chi connectivity index (χ1n) is 4.58. The third kappa shape index (κ3) is 4.20.